The van der Waals surface area contributed by atoms with Gasteiger partial charge < -0.3 is 4.74 Å². The molecule has 0 amide bonds. The van der Waals surface area contributed by atoms with Crippen molar-refractivity contribution in [3.05, 3.63) is 70.3 Å². The van der Waals surface area contributed by atoms with E-state index in [2.05, 4.69) is 69.3 Å². The Morgan fingerprint density at radius 2 is 1.87 bits per heavy atom. The van der Waals surface area contributed by atoms with Crippen LogP contribution < -0.4 is 4.74 Å². The van der Waals surface area contributed by atoms with Crippen molar-refractivity contribution in [1.82, 2.24) is 0 Å². The first-order valence-electron chi connectivity index (χ1n) is 11.9. The Kier molecular flexibility index (Phi) is 5.07. The molecule has 0 radical (unpaired) electrons. The number of allylic oxidation sites excluding steroid dienone is 1. The van der Waals surface area contributed by atoms with Crippen molar-refractivity contribution in [3.8, 4) is 5.75 Å². The third-order valence-corrected chi connectivity index (χ3v) is 8.52. The van der Waals surface area contributed by atoms with Crippen LogP contribution in [0.15, 0.2) is 48.0 Å². The number of methoxy groups -OCH3 is 1. The minimum atomic E-state index is -0.186. The number of carbonyl (C=O) groups is 1. The highest BCUT2D eigenvalue weighted by Crippen LogP contribution is 2.60. The lowest BCUT2D eigenvalue weighted by atomic mass is 9.55. The van der Waals surface area contributed by atoms with Crippen LogP contribution >= 0.6 is 0 Å². The maximum Gasteiger partial charge on any atom is 0.165 e. The summed E-state index contributed by atoms with van der Waals surface area (Å²) < 4.78 is 5.45. The van der Waals surface area contributed by atoms with E-state index in [9.17, 15) is 4.79 Å². The Bertz CT molecular complexity index is 1030. The van der Waals surface area contributed by atoms with Gasteiger partial charge in [0.25, 0.3) is 0 Å². The van der Waals surface area contributed by atoms with E-state index in [0.29, 0.717) is 29.5 Å². The predicted molar refractivity (Wildman–Crippen MR) is 127 cm³/mol. The smallest absolute Gasteiger partial charge is 0.165 e. The zero-order valence-corrected chi connectivity index (χ0v) is 19.3. The predicted octanol–water partition coefficient (Wildman–Crippen LogP) is 6.94. The lowest BCUT2D eigenvalue weighted by Gasteiger charge is -2.48. The molecule has 2 aromatic rings. The van der Waals surface area contributed by atoms with Gasteiger partial charge in [0.1, 0.15) is 5.75 Å². The van der Waals surface area contributed by atoms with Crippen LogP contribution in [0.4, 0.5) is 0 Å². The van der Waals surface area contributed by atoms with Gasteiger partial charge in [-0.25, -0.2) is 0 Å². The van der Waals surface area contributed by atoms with Crippen LogP contribution in [0.3, 0.4) is 0 Å². The number of hydrogen-bond acceptors (Lipinski definition) is 2. The molecule has 162 valence electrons. The van der Waals surface area contributed by atoms with Crippen LogP contribution in [0.25, 0.3) is 6.08 Å². The van der Waals surface area contributed by atoms with Gasteiger partial charge >= 0.3 is 0 Å². The Labute approximate surface area is 186 Å². The number of ether oxygens (including phenoxy) is 1. The summed E-state index contributed by atoms with van der Waals surface area (Å²) >= 11 is 0. The van der Waals surface area contributed by atoms with E-state index in [1.807, 2.05) is 0 Å². The van der Waals surface area contributed by atoms with Crippen LogP contribution in [0.5, 0.6) is 5.75 Å². The van der Waals surface area contributed by atoms with Crippen molar-refractivity contribution in [2.45, 2.75) is 64.7 Å². The summed E-state index contributed by atoms with van der Waals surface area (Å²) in [5.41, 5.74) is 6.33. The minimum Gasteiger partial charge on any atom is -0.497 e. The molecule has 0 unspecified atom stereocenters. The summed E-state index contributed by atoms with van der Waals surface area (Å²) in [6.07, 6.45) is 7.53. The molecule has 2 heteroatoms. The molecule has 4 atom stereocenters. The second-order valence-corrected chi connectivity index (χ2v) is 10.5. The van der Waals surface area contributed by atoms with Crippen LogP contribution in [-0.2, 0) is 11.2 Å². The molecule has 5 rings (SSSR count). The average Bonchev–Trinajstić information content (AvgIpc) is 3.04. The number of aryl methyl sites for hydroxylation is 1. The number of fused-ring (bicyclic) bond motifs is 5. The molecular formula is C29H34O2. The zero-order chi connectivity index (χ0) is 21.8. The molecule has 2 nitrogen and oxygen atoms in total. The maximum atomic E-state index is 13.6. The normalized spacial score (nSPS) is 30.8. The van der Waals surface area contributed by atoms with E-state index in [-0.39, 0.29) is 5.41 Å². The largest absolute Gasteiger partial charge is 0.497 e. The monoisotopic (exact) mass is 414 g/mol. The van der Waals surface area contributed by atoms with Crippen LogP contribution in [-0.4, -0.2) is 12.9 Å². The molecule has 0 N–H and O–H groups in total. The Balaban J connectivity index is 1.43. The van der Waals surface area contributed by atoms with E-state index in [1.54, 1.807) is 7.11 Å². The number of carbonyl (C=O) groups excluding carboxylic acids is 1. The molecule has 2 saturated carbocycles. The summed E-state index contributed by atoms with van der Waals surface area (Å²) in [6, 6.07) is 15.4. The maximum absolute atomic E-state index is 13.6. The molecular weight excluding hydrogens is 380 g/mol. The number of ketones is 1. The van der Waals surface area contributed by atoms with Crippen LogP contribution in [0.1, 0.15) is 80.5 Å². The van der Waals surface area contributed by atoms with Gasteiger partial charge in [0.05, 0.1) is 7.11 Å². The molecule has 2 fully saturated rings. The van der Waals surface area contributed by atoms with Crippen molar-refractivity contribution in [1.29, 1.82) is 0 Å². The third-order valence-electron chi connectivity index (χ3n) is 8.52. The summed E-state index contributed by atoms with van der Waals surface area (Å²) in [7, 11) is 1.74. The first-order chi connectivity index (χ1) is 14.9. The number of Topliss-reactive ketones (excluding diaryl/α,β-unsaturated/α-hetero) is 1. The number of benzene rings is 2. The van der Waals surface area contributed by atoms with E-state index < -0.39 is 0 Å². The SMILES string of the molecule is COc1ccc2c(c1)CC[C@H]1[C@H]2CC[C@]2(C)C(=O)/C(=C/c3ccc(C(C)C)cc3)C[C@@H]12. The van der Waals surface area contributed by atoms with E-state index >= 15 is 0 Å². The molecule has 0 aromatic heterocycles. The van der Waals surface area contributed by atoms with Crippen molar-refractivity contribution < 1.29 is 9.53 Å². The second kappa shape index (κ2) is 7.65. The third kappa shape index (κ3) is 3.35. The highest BCUT2D eigenvalue weighted by Gasteiger charge is 2.56. The standard InChI is InChI=1S/C29H34O2/c1-18(2)20-7-5-19(6-8-20)15-22-17-27-26-11-9-21-16-23(31-4)10-12-24(21)25(26)13-14-29(27,3)28(22)30/h5-8,10,12,15-16,18,25-27H,9,11,13-14,17H2,1-4H3/b22-15+/t25-,26-,27-,29-/m0/s1. The molecule has 3 aliphatic carbocycles. The quantitative estimate of drug-likeness (QED) is 0.509. The van der Waals surface area contributed by atoms with Crippen molar-refractivity contribution in [2.75, 3.05) is 7.11 Å². The van der Waals surface area contributed by atoms with E-state index in [1.165, 1.54) is 23.1 Å². The van der Waals surface area contributed by atoms with Gasteiger partial charge in [0.15, 0.2) is 5.78 Å². The molecule has 0 heterocycles. The van der Waals surface area contributed by atoms with Gasteiger partial charge in [0, 0.05) is 5.41 Å². The van der Waals surface area contributed by atoms with Crippen molar-refractivity contribution in [3.63, 3.8) is 0 Å². The van der Waals surface area contributed by atoms with Crippen LogP contribution in [0.2, 0.25) is 0 Å². The molecule has 0 bridgehead atoms. The topological polar surface area (TPSA) is 26.3 Å². The van der Waals surface area contributed by atoms with Gasteiger partial charge in [-0.05, 0) is 102 Å². The first-order valence-corrected chi connectivity index (χ1v) is 11.9. The summed E-state index contributed by atoms with van der Waals surface area (Å²) in [6.45, 7) is 6.69. The summed E-state index contributed by atoms with van der Waals surface area (Å²) in [5, 5.41) is 0. The molecule has 0 aliphatic heterocycles. The Hall–Kier alpha value is -2.35. The Morgan fingerprint density at radius 1 is 1.10 bits per heavy atom. The number of hydrogen-bond donors (Lipinski definition) is 0. The van der Waals surface area contributed by atoms with Gasteiger partial charge in [-0.2, -0.15) is 0 Å². The van der Waals surface area contributed by atoms with Gasteiger partial charge in [-0.1, -0.05) is 51.1 Å². The second-order valence-electron chi connectivity index (χ2n) is 10.5. The fourth-order valence-corrected chi connectivity index (χ4v) is 6.66. The molecule has 3 aliphatic rings. The summed E-state index contributed by atoms with van der Waals surface area (Å²) in [4.78, 5) is 13.6. The lowest BCUT2D eigenvalue weighted by molar-refractivity contribution is -0.127. The highest BCUT2D eigenvalue weighted by atomic mass is 16.5. The van der Waals surface area contributed by atoms with E-state index in [4.69, 9.17) is 4.74 Å². The van der Waals surface area contributed by atoms with Gasteiger partial charge in [-0.3, -0.25) is 4.79 Å². The highest BCUT2D eigenvalue weighted by molar-refractivity contribution is 6.06. The van der Waals surface area contributed by atoms with E-state index in [0.717, 1.165) is 42.6 Å². The molecule has 2 aromatic carbocycles. The zero-order valence-electron chi connectivity index (χ0n) is 19.3. The first kappa shape index (κ1) is 20.5. The fourth-order valence-electron chi connectivity index (χ4n) is 6.66. The minimum absolute atomic E-state index is 0.186. The summed E-state index contributed by atoms with van der Waals surface area (Å²) in [5.74, 6) is 3.56. The lowest BCUT2D eigenvalue weighted by Crippen LogP contribution is -2.42. The number of rotatable bonds is 3. The van der Waals surface area contributed by atoms with Crippen molar-refractivity contribution in [2.24, 2.45) is 17.3 Å². The molecule has 0 saturated heterocycles. The average molecular weight is 415 g/mol. The Morgan fingerprint density at radius 3 is 2.58 bits per heavy atom. The van der Waals surface area contributed by atoms with Gasteiger partial charge in [0.2, 0.25) is 0 Å². The van der Waals surface area contributed by atoms with Gasteiger partial charge in [-0.15, -0.1) is 0 Å². The molecule has 0 spiro atoms. The molecule has 31 heavy (non-hydrogen) atoms. The van der Waals surface area contributed by atoms with Crippen molar-refractivity contribution >= 4 is 11.9 Å². The van der Waals surface area contributed by atoms with Crippen LogP contribution in [0, 0.1) is 17.3 Å². The fraction of sp³-hybridized carbons (Fsp3) is 0.483.